The maximum Gasteiger partial charge on any atom is 0.325 e. The summed E-state index contributed by atoms with van der Waals surface area (Å²) in [6, 6.07) is 14.5. The molecule has 0 radical (unpaired) electrons. The number of esters is 1. The van der Waals surface area contributed by atoms with Gasteiger partial charge in [-0.15, -0.1) is 0 Å². The summed E-state index contributed by atoms with van der Waals surface area (Å²) >= 11 is 0. The summed E-state index contributed by atoms with van der Waals surface area (Å²) in [6.07, 6.45) is 1.52. The second-order valence-corrected chi connectivity index (χ2v) is 7.77. The van der Waals surface area contributed by atoms with Gasteiger partial charge in [0.15, 0.2) is 12.4 Å². The van der Waals surface area contributed by atoms with E-state index in [-0.39, 0.29) is 24.3 Å². The van der Waals surface area contributed by atoms with E-state index >= 15 is 0 Å². The number of carbonyl (C=O) groups is 3. The Kier molecular flexibility index (Phi) is 6.44. The molecule has 7 nitrogen and oxygen atoms in total. The molecule has 0 saturated heterocycles. The molecule has 1 amide bonds. The zero-order chi connectivity index (χ0) is 22.6. The van der Waals surface area contributed by atoms with E-state index in [2.05, 4.69) is 19.2 Å². The molecule has 162 valence electrons. The smallest absolute Gasteiger partial charge is 0.325 e. The normalized spacial score (nSPS) is 15.4. The van der Waals surface area contributed by atoms with Gasteiger partial charge in [-0.1, -0.05) is 32.0 Å². The molecule has 7 heteroatoms. The number of allylic oxidation sites excluding steroid dienone is 1. The standard InChI is InChI=1S/C24H26N2O5/c1-24(2)19-7-5-6-8-20(19)26(3)21(24)13-17(27)15-31-22(28)14-25-23(29)16-9-11-18(30-4)12-10-16/h5-13H,14-15H2,1-4H3,(H,25,29). The lowest BCUT2D eigenvalue weighted by Crippen LogP contribution is -2.31. The van der Waals surface area contributed by atoms with Crippen molar-refractivity contribution >= 4 is 23.3 Å². The number of nitrogens with zero attached hydrogens (tertiary/aromatic N) is 1. The number of rotatable bonds is 7. The third kappa shape index (κ3) is 4.77. The second kappa shape index (κ2) is 9.04. The molecular weight excluding hydrogens is 396 g/mol. The summed E-state index contributed by atoms with van der Waals surface area (Å²) in [6.45, 7) is 3.39. The number of hydrogen-bond donors (Lipinski definition) is 1. The Balaban J connectivity index is 1.52. The molecule has 0 unspecified atom stereocenters. The van der Waals surface area contributed by atoms with E-state index in [1.54, 1.807) is 24.3 Å². The summed E-state index contributed by atoms with van der Waals surface area (Å²) in [7, 11) is 3.44. The van der Waals surface area contributed by atoms with Gasteiger partial charge in [0, 0.05) is 35.5 Å². The van der Waals surface area contributed by atoms with Crippen molar-refractivity contribution in [3.05, 3.63) is 71.4 Å². The lowest BCUT2D eigenvalue weighted by molar-refractivity contribution is -0.145. The van der Waals surface area contributed by atoms with E-state index in [0.29, 0.717) is 11.3 Å². The highest BCUT2D eigenvalue weighted by Gasteiger charge is 2.38. The fraction of sp³-hybridized carbons (Fsp3) is 0.292. The van der Waals surface area contributed by atoms with Crippen LogP contribution in [-0.4, -0.2) is 45.0 Å². The largest absolute Gasteiger partial charge is 0.497 e. The van der Waals surface area contributed by atoms with Gasteiger partial charge in [-0.05, 0) is 35.9 Å². The molecule has 2 aromatic carbocycles. The van der Waals surface area contributed by atoms with Crippen LogP contribution in [0.25, 0.3) is 0 Å². The Morgan fingerprint density at radius 3 is 2.39 bits per heavy atom. The van der Waals surface area contributed by atoms with Crippen molar-refractivity contribution in [1.82, 2.24) is 5.32 Å². The van der Waals surface area contributed by atoms with E-state index in [0.717, 1.165) is 16.9 Å². The number of methoxy groups -OCH3 is 1. The zero-order valence-electron chi connectivity index (χ0n) is 18.1. The molecule has 0 spiro atoms. The van der Waals surface area contributed by atoms with Gasteiger partial charge in [-0.2, -0.15) is 0 Å². The molecule has 0 aromatic heterocycles. The first-order chi connectivity index (χ1) is 14.7. The fourth-order valence-electron chi connectivity index (χ4n) is 3.65. The van der Waals surface area contributed by atoms with Crippen molar-refractivity contribution in [2.24, 2.45) is 0 Å². The lowest BCUT2D eigenvalue weighted by Gasteiger charge is -2.23. The zero-order valence-corrected chi connectivity index (χ0v) is 18.1. The van der Waals surface area contributed by atoms with Crippen molar-refractivity contribution in [2.45, 2.75) is 19.3 Å². The van der Waals surface area contributed by atoms with Crippen LogP contribution in [0, 0.1) is 0 Å². The molecular formula is C24H26N2O5. The summed E-state index contributed by atoms with van der Waals surface area (Å²) in [5.41, 5.74) is 3.07. The summed E-state index contributed by atoms with van der Waals surface area (Å²) in [5.74, 6) is -0.795. The fourth-order valence-corrected chi connectivity index (χ4v) is 3.65. The molecule has 3 rings (SSSR count). The van der Waals surface area contributed by atoms with Crippen molar-refractivity contribution in [3.8, 4) is 5.75 Å². The molecule has 0 saturated carbocycles. The number of benzene rings is 2. The molecule has 31 heavy (non-hydrogen) atoms. The maximum atomic E-state index is 12.4. The SMILES string of the molecule is COc1ccc(C(=O)NCC(=O)OCC(=O)C=C2N(C)c3ccccc3C2(C)C)cc1. The number of ketones is 1. The van der Waals surface area contributed by atoms with Crippen molar-refractivity contribution in [1.29, 1.82) is 0 Å². The number of ether oxygens (including phenoxy) is 2. The third-order valence-corrected chi connectivity index (χ3v) is 5.36. The van der Waals surface area contributed by atoms with Crippen LogP contribution in [0.3, 0.4) is 0 Å². The summed E-state index contributed by atoms with van der Waals surface area (Å²) in [4.78, 5) is 38.4. The number of nitrogens with one attached hydrogen (secondary N) is 1. The van der Waals surface area contributed by atoms with E-state index in [1.165, 1.54) is 13.2 Å². The quantitative estimate of drug-likeness (QED) is 0.546. The first kappa shape index (κ1) is 22.1. The molecule has 0 atom stereocenters. The molecule has 2 aromatic rings. The van der Waals surface area contributed by atoms with Gasteiger partial charge in [0.05, 0.1) is 7.11 Å². The average molecular weight is 422 g/mol. The number of hydrogen-bond acceptors (Lipinski definition) is 6. The van der Waals surface area contributed by atoms with E-state index in [4.69, 9.17) is 9.47 Å². The number of carbonyl (C=O) groups excluding carboxylic acids is 3. The molecule has 0 aliphatic carbocycles. The van der Waals surface area contributed by atoms with Crippen molar-refractivity contribution in [3.63, 3.8) is 0 Å². The number of para-hydroxylation sites is 1. The van der Waals surface area contributed by atoms with Crippen molar-refractivity contribution in [2.75, 3.05) is 32.2 Å². The van der Waals surface area contributed by atoms with Crippen LogP contribution in [0.15, 0.2) is 60.3 Å². The highest BCUT2D eigenvalue weighted by Crippen LogP contribution is 2.46. The Labute approximate surface area is 181 Å². The topological polar surface area (TPSA) is 84.9 Å². The molecule has 1 N–H and O–H groups in total. The van der Waals surface area contributed by atoms with Crippen LogP contribution < -0.4 is 15.0 Å². The van der Waals surface area contributed by atoms with Gasteiger partial charge < -0.3 is 19.7 Å². The molecule has 1 heterocycles. The Hall–Kier alpha value is -3.61. The number of amides is 1. The van der Waals surface area contributed by atoms with Crippen LogP contribution in [-0.2, 0) is 19.7 Å². The molecule has 0 fully saturated rings. The van der Waals surface area contributed by atoms with Crippen molar-refractivity contribution < 1.29 is 23.9 Å². The molecule has 0 bridgehead atoms. The van der Waals surface area contributed by atoms with Crippen LogP contribution in [0.1, 0.15) is 29.8 Å². The molecule has 1 aliphatic heterocycles. The highest BCUT2D eigenvalue weighted by atomic mass is 16.5. The Morgan fingerprint density at radius 1 is 1.06 bits per heavy atom. The van der Waals surface area contributed by atoms with Crippen LogP contribution in [0.5, 0.6) is 5.75 Å². The number of fused-ring (bicyclic) bond motifs is 1. The second-order valence-electron chi connectivity index (χ2n) is 7.77. The van der Waals surface area contributed by atoms with Crippen LogP contribution >= 0.6 is 0 Å². The minimum atomic E-state index is -0.684. The highest BCUT2D eigenvalue weighted by molar-refractivity contribution is 5.97. The van der Waals surface area contributed by atoms with Gasteiger partial charge in [0.25, 0.3) is 5.91 Å². The predicted octanol–water partition coefficient (Wildman–Crippen LogP) is 2.85. The first-order valence-corrected chi connectivity index (χ1v) is 9.90. The van der Waals surface area contributed by atoms with Crippen LogP contribution in [0.2, 0.25) is 0 Å². The van der Waals surface area contributed by atoms with E-state index in [1.807, 2.05) is 36.2 Å². The molecule has 1 aliphatic rings. The monoisotopic (exact) mass is 422 g/mol. The Morgan fingerprint density at radius 2 is 1.74 bits per heavy atom. The maximum absolute atomic E-state index is 12.4. The average Bonchev–Trinajstić information content (AvgIpc) is 2.97. The minimum absolute atomic E-state index is 0.322. The minimum Gasteiger partial charge on any atom is -0.497 e. The number of likely N-dealkylation sites (N-methyl/N-ethyl adjacent to an activating group) is 1. The van der Waals surface area contributed by atoms with Crippen LogP contribution in [0.4, 0.5) is 5.69 Å². The predicted molar refractivity (Wildman–Crippen MR) is 117 cm³/mol. The van der Waals surface area contributed by atoms with Gasteiger partial charge >= 0.3 is 5.97 Å². The van der Waals surface area contributed by atoms with Gasteiger partial charge in [0.2, 0.25) is 0 Å². The van der Waals surface area contributed by atoms with Gasteiger partial charge in [-0.3, -0.25) is 14.4 Å². The third-order valence-electron chi connectivity index (χ3n) is 5.36. The Bertz CT molecular complexity index is 1020. The number of anilines is 1. The summed E-state index contributed by atoms with van der Waals surface area (Å²) < 4.78 is 10.1. The van der Waals surface area contributed by atoms with E-state index in [9.17, 15) is 14.4 Å². The summed E-state index contributed by atoms with van der Waals surface area (Å²) in [5, 5.41) is 2.48. The van der Waals surface area contributed by atoms with Gasteiger partial charge in [-0.25, -0.2) is 0 Å². The first-order valence-electron chi connectivity index (χ1n) is 9.90. The lowest BCUT2D eigenvalue weighted by atomic mass is 9.83. The van der Waals surface area contributed by atoms with E-state index < -0.39 is 11.9 Å². The van der Waals surface area contributed by atoms with Gasteiger partial charge in [0.1, 0.15) is 12.3 Å².